The lowest BCUT2D eigenvalue weighted by Crippen LogP contribution is -2.38. The molecule has 24 heavy (non-hydrogen) atoms. The fourth-order valence-corrected chi connectivity index (χ4v) is 2.82. The van der Waals surface area contributed by atoms with E-state index in [4.69, 9.17) is 0 Å². The second kappa shape index (κ2) is 8.00. The molecule has 0 bridgehead atoms. The van der Waals surface area contributed by atoms with Gasteiger partial charge in [0.05, 0.1) is 11.4 Å². The molecule has 2 unspecified atom stereocenters. The minimum absolute atomic E-state index is 0. The van der Waals surface area contributed by atoms with E-state index in [-0.39, 0.29) is 24.0 Å². The third kappa shape index (κ3) is 4.09. The number of aromatic nitrogens is 2. The number of para-hydroxylation sites is 1. The molecule has 1 aromatic carbocycles. The smallest absolute Gasteiger partial charge is 0.191 e. The summed E-state index contributed by atoms with van der Waals surface area (Å²) < 4.78 is 2.01. The first kappa shape index (κ1) is 18.8. The van der Waals surface area contributed by atoms with Crippen LogP contribution in [0.4, 0.5) is 0 Å². The molecule has 0 aliphatic heterocycles. The Balaban J connectivity index is 0.00000208. The Morgan fingerprint density at radius 1 is 1.29 bits per heavy atom. The van der Waals surface area contributed by atoms with E-state index in [2.05, 4.69) is 53.6 Å². The van der Waals surface area contributed by atoms with Crippen molar-refractivity contribution in [1.29, 1.82) is 0 Å². The van der Waals surface area contributed by atoms with E-state index in [0.29, 0.717) is 6.04 Å². The van der Waals surface area contributed by atoms with Gasteiger partial charge in [0, 0.05) is 30.9 Å². The van der Waals surface area contributed by atoms with Crippen LogP contribution in [0.1, 0.15) is 30.3 Å². The van der Waals surface area contributed by atoms with Crippen LogP contribution >= 0.6 is 24.0 Å². The first-order valence-electron chi connectivity index (χ1n) is 8.18. The van der Waals surface area contributed by atoms with Gasteiger partial charge in [0.25, 0.3) is 0 Å². The van der Waals surface area contributed by atoms with Crippen molar-refractivity contribution in [2.24, 2.45) is 10.9 Å². The molecule has 0 radical (unpaired) electrons. The number of aliphatic imine (C=N–C) groups is 1. The van der Waals surface area contributed by atoms with Crippen LogP contribution < -0.4 is 10.6 Å². The van der Waals surface area contributed by atoms with Crippen molar-refractivity contribution in [3.63, 3.8) is 0 Å². The third-order valence-electron chi connectivity index (χ3n) is 4.53. The Kier molecular flexibility index (Phi) is 6.26. The van der Waals surface area contributed by atoms with E-state index >= 15 is 0 Å². The molecule has 130 valence electrons. The minimum Gasteiger partial charge on any atom is -0.353 e. The van der Waals surface area contributed by atoms with Crippen molar-refractivity contribution in [3.8, 4) is 5.69 Å². The van der Waals surface area contributed by atoms with Crippen LogP contribution in [0.2, 0.25) is 0 Å². The Hall–Kier alpha value is -1.57. The van der Waals surface area contributed by atoms with Gasteiger partial charge in [0.15, 0.2) is 5.96 Å². The first-order chi connectivity index (χ1) is 11.1. The SMILES string of the molecule is CN=C(NCc1c(C)nn(-c2ccccc2)c1C)NC1CC1C.I. The van der Waals surface area contributed by atoms with Crippen molar-refractivity contribution in [3.05, 3.63) is 47.3 Å². The summed E-state index contributed by atoms with van der Waals surface area (Å²) in [5.41, 5.74) is 4.53. The van der Waals surface area contributed by atoms with Crippen LogP contribution in [-0.2, 0) is 6.54 Å². The van der Waals surface area contributed by atoms with Gasteiger partial charge in [-0.05, 0) is 38.3 Å². The number of hydrogen-bond acceptors (Lipinski definition) is 2. The second-order valence-electron chi connectivity index (χ2n) is 6.29. The number of rotatable bonds is 4. The number of benzene rings is 1. The maximum absolute atomic E-state index is 4.69. The monoisotopic (exact) mass is 439 g/mol. The van der Waals surface area contributed by atoms with Crippen molar-refractivity contribution < 1.29 is 0 Å². The zero-order valence-corrected chi connectivity index (χ0v) is 17.0. The summed E-state index contributed by atoms with van der Waals surface area (Å²) in [6.07, 6.45) is 1.23. The van der Waals surface area contributed by atoms with Crippen molar-refractivity contribution in [2.75, 3.05) is 7.05 Å². The fourth-order valence-electron chi connectivity index (χ4n) is 2.82. The summed E-state index contributed by atoms with van der Waals surface area (Å²) in [6.45, 7) is 7.15. The van der Waals surface area contributed by atoms with Crippen LogP contribution in [0.3, 0.4) is 0 Å². The fraction of sp³-hybridized carbons (Fsp3) is 0.444. The highest BCUT2D eigenvalue weighted by atomic mass is 127. The van der Waals surface area contributed by atoms with Gasteiger partial charge in [-0.2, -0.15) is 5.10 Å². The summed E-state index contributed by atoms with van der Waals surface area (Å²) in [4.78, 5) is 4.31. The van der Waals surface area contributed by atoms with E-state index in [0.717, 1.165) is 35.5 Å². The summed E-state index contributed by atoms with van der Waals surface area (Å²) in [7, 11) is 1.81. The Morgan fingerprint density at radius 2 is 1.96 bits per heavy atom. The molecule has 2 atom stereocenters. The number of guanidine groups is 1. The Bertz CT molecular complexity index is 708. The van der Waals surface area contributed by atoms with Gasteiger partial charge in [0.2, 0.25) is 0 Å². The van der Waals surface area contributed by atoms with Gasteiger partial charge in [-0.25, -0.2) is 4.68 Å². The molecule has 0 saturated heterocycles. The topological polar surface area (TPSA) is 54.2 Å². The largest absolute Gasteiger partial charge is 0.353 e. The molecule has 1 aliphatic carbocycles. The normalized spacial score (nSPS) is 19.6. The molecular formula is C18H26IN5. The predicted molar refractivity (Wildman–Crippen MR) is 109 cm³/mol. The van der Waals surface area contributed by atoms with Crippen molar-refractivity contribution in [2.45, 2.75) is 39.8 Å². The molecule has 5 nitrogen and oxygen atoms in total. The summed E-state index contributed by atoms with van der Waals surface area (Å²) in [6, 6.07) is 10.8. The van der Waals surface area contributed by atoms with Crippen LogP contribution in [0, 0.1) is 19.8 Å². The third-order valence-corrected chi connectivity index (χ3v) is 4.53. The van der Waals surface area contributed by atoms with Gasteiger partial charge in [-0.3, -0.25) is 4.99 Å². The van der Waals surface area contributed by atoms with Gasteiger partial charge < -0.3 is 10.6 Å². The summed E-state index contributed by atoms with van der Waals surface area (Å²) >= 11 is 0. The molecule has 6 heteroatoms. The summed E-state index contributed by atoms with van der Waals surface area (Å²) in [5, 5.41) is 11.5. The van der Waals surface area contributed by atoms with E-state index in [9.17, 15) is 0 Å². The highest BCUT2D eigenvalue weighted by Gasteiger charge is 2.33. The lowest BCUT2D eigenvalue weighted by atomic mass is 10.2. The molecule has 1 saturated carbocycles. The van der Waals surface area contributed by atoms with Gasteiger partial charge in [-0.15, -0.1) is 24.0 Å². The zero-order valence-electron chi connectivity index (χ0n) is 14.7. The maximum atomic E-state index is 4.69. The minimum atomic E-state index is 0. The van der Waals surface area contributed by atoms with E-state index in [1.165, 1.54) is 12.0 Å². The van der Waals surface area contributed by atoms with Gasteiger partial charge >= 0.3 is 0 Å². The first-order valence-corrected chi connectivity index (χ1v) is 8.18. The van der Waals surface area contributed by atoms with Crippen LogP contribution in [-0.4, -0.2) is 28.8 Å². The van der Waals surface area contributed by atoms with E-state index < -0.39 is 0 Å². The van der Waals surface area contributed by atoms with Crippen LogP contribution in [0.5, 0.6) is 0 Å². The highest BCUT2D eigenvalue weighted by molar-refractivity contribution is 14.0. The quantitative estimate of drug-likeness (QED) is 0.437. The number of halogens is 1. The number of nitrogens with one attached hydrogen (secondary N) is 2. The molecule has 0 amide bonds. The van der Waals surface area contributed by atoms with Gasteiger partial charge in [0.1, 0.15) is 0 Å². The molecule has 1 aliphatic rings. The van der Waals surface area contributed by atoms with E-state index in [1.54, 1.807) is 0 Å². The predicted octanol–water partition coefficient (Wildman–Crippen LogP) is 3.18. The molecular weight excluding hydrogens is 413 g/mol. The van der Waals surface area contributed by atoms with Crippen LogP contribution in [0.15, 0.2) is 35.3 Å². The van der Waals surface area contributed by atoms with Crippen molar-refractivity contribution in [1.82, 2.24) is 20.4 Å². The standard InChI is InChI=1S/C18H25N5.HI/c1-12-10-17(12)21-18(19-4)20-11-16-13(2)22-23(14(16)3)15-8-6-5-7-9-15;/h5-9,12,17H,10-11H2,1-4H3,(H2,19,20,21);1H. The molecule has 1 heterocycles. The second-order valence-corrected chi connectivity index (χ2v) is 6.29. The van der Waals surface area contributed by atoms with Crippen LogP contribution in [0.25, 0.3) is 5.69 Å². The molecule has 2 aromatic rings. The molecule has 0 spiro atoms. The van der Waals surface area contributed by atoms with Crippen molar-refractivity contribution >= 4 is 29.9 Å². The lowest BCUT2D eigenvalue weighted by molar-refractivity contribution is 0.760. The maximum Gasteiger partial charge on any atom is 0.191 e. The number of aryl methyl sites for hydroxylation is 1. The van der Waals surface area contributed by atoms with Gasteiger partial charge in [-0.1, -0.05) is 25.1 Å². The highest BCUT2D eigenvalue weighted by Crippen LogP contribution is 2.28. The Labute approximate surface area is 161 Å². The average Bonchev–Trinajstić information content (AvgIpc) is 3.18. The number of nitrogens with zero attached hydrogens (tertiary/aromatic N) is 3. The number of hydrogen-bond donors (Lipinski definition) is 2. The van der Waals surface area contributed by atoms with E-state index in [1.807, 2.05) is 29.9 Å². The Morgan fingerprint density at radius 3 is 2.54 bits per heavy atom. The zero-order chi connectivity index (χ0) is 16.4. The lowest BCUT2D eigenvalue weighted by Gasteiger charge is -2.12. The molecule has 1 aromatic heterocycles. The summed E-state index contributed by atoms with van der Waals surface area (Å²) in [5.74, 6) is 1.61. The average molecular weight is 439 g/mol. The molecule has 2 N–H and O–H groups in total. The molecule has 3 rings (SSSR count). The molecule has 1 fully saturated rings.